The monoisotopic (exact) mass is 341 g/mol. The highest BCUT2D eigenvalue weighted by Crippen LogP contribution is 2.29. The van der Waals surface area contributed by atoms with E-state index in [0.717, 1.165) is 5.56 Å². The molecule has 5 nitrogen and oxygen atoms in total. The van der Waals surface area contributed by atoms with Gasteiger partial charge in [-0.2, -0.15) is 0 Å². The van der Waals surface area contributed by atoms with Crippen LogP contribution < -0.4 is 19.9 Å². The molecule has 5 heteroatoms. The van der Waals surface area contributed by atoms with E-state index in [2.05, 4.69) is 0 Å². The van der Waals surface area contributed by atoms with Gasteiger partial charge in [0, 0.05) is 16.7 Å². The largest absolute Gasteiger partial charge is 0.497 e. The zero-order valence-electron chi connectivity index (χ0n) is 15.0. The van der Waals surface area contributed by atoms with Crippen LogP contribution in [0.4, 0.5) is 5.69 Å². The molecule has 25 heavy (non-hydrogen) atoms. The second kappa shape index (κ2) is 8.24. The highest BCUT2D eigenvalue weighted by atomic mass is 16.5. The lowest BCUT2D eigenvalue weighted by molar-refractivity contribution is 0.103. The van der Waals surface area contributed by atoms with Gasteiger partial charge in [0.25, 0.3) is 0 Å². The predicted octanol–water partition coefficient (Wildman–Crippen LogP) is 3.97. The molecular weight excluding hydrogens is 318 g/mol. The number of hydrogen-bond donors (Lipinski definition) is 1. The van der Waals surface area contributed by atoms with Crippen molar-refractivity contribution in [1.29, 1.82) is 0 Å². The van der Waals surface area contributed by atoms with E-state index in [4.69, 9.17) is 19.9 Å². The number of benzene rings is 2. The lowest BCUT2D eigenvalue weighted by Crippen LogP contribution is -2.05. The van der Waals surface area contributed by atoms with Gasteiger partial charge in [-0.25, -0.2) is 0 Å². The van der Waals surface area contributed by atoms with Gasteiger partial charge in [-0.05, 0) is 48.9 Å². The van der Waals surface area contributed by atoms with Crippen LogP contribution in [0.25, 0.3) is 6.08 Å². The first kappa shape index (κ1) is 18.4. The molecule has 2 rings (SSSR count). The third kappa shape index (κ3) is 4.12. The van der Waals surface area contributed by atoms with Crippen LogP contribution in [0.1, 0.15) is 29.3 Å². The molecule has 2 N–H and O–H groups in total. The van der Waals surface area contributed by atoms with Gasteiger partial charge in [0.1, 0.15) is 17.2 Å². The fraction of sp³-hybridized carbons (Fsp3) is 0.250. The van der Waals surface area contributed by atoms with E-state index >= 15 is 0 Å². The number of ketones is 1. The van der Waals surface area contributed by atoms with Gasteiger partial charge in [-0.1, -0.05) is 6.92 Å². The minimum Gasteiger partial charge on any atom is -0.497 e. The minimum absolute atomic E-state index is 0.0817. The first-order valence-corrected chi connectivity index (χ1v) is 7.94. The Morgan fingerprint density at radius 3 is 2.24 bits per heavy atom. The third-order valence-electron chi connectivity index (χ3n) is 3.93. The molecule has 0 bridgehead atoms. The van der Waals surface area contributed by atoms with E-state index in [-0.39, 0.29) is 5.78 Å². The molecule has 0 radical (unpaired) electrons. The predicted molar refractivity (Wildman–Crippen MR) is 99.6 cm³/mol. The van der Waals surface area contributed by atoms with Crippen LogP contribution in [0.5, 0.6) is 17.2 Å². The van der Waals surface area contributed by atoms with Crippen molar-refractivity contribution in [3.8, 4) is 17.2 Å². The molecule has 0 unspecified atom stereocenters. The summed E-state index contributed by atoms with van der Waals surface area (Å²) in [6.07, 6.45) is 2.40. The Morgan fingerprint density at radius 1 is 1.00 bits per heavy atom. The maximum absolute atomic E-state index is 12.8. The number of carbonyl (C=O) groups excluding carboxylic acids is 1. The SMILES string of the molecule is CC/C(=C\c1cc(OC)ccc1OC)C(=O)c1ccc(OC)c(N)c1. The average Bonchev–Trinajstić information content (AvgIpc) is 2.65. The number of rotatable bonds is 7. The van der Waals surface area contributed by atoms with Crippen LogP contribution in [-0.4, -0.2) is 27.1 Å². The first-order valence-electron chi connectivity index (χ1n) is 7.94. The highest BCUT2D eigenvalue weighted by molar-refractivity contribution is 6.12. The smallest absolute Gasteiger partial charge is 0.189 e. The summed E-state index contributed by atoms with van der Waals surface area (Å²) in [5, 5.41) is 0. The van der Waals surface area contributed by atoms with Crippen molar-refractivity contribution in [2.75, 3.05) is 27.1 Å². The molecule has 0 amide bonds. The lowest BCUT2D eigenvalue weighted by atomic mass is 9.98. The van der Waals surface area contributed by atoms with E-state index < -0.39 is 0 Å². The van der Waals surface area contributed by atoms with Crippen LogP contribution in [0.3, 0.4) is 0 Å². The molecule has 132 valence electrons. The van der Waals surface area contributed by atoms with E-state index in [0.29, 0.717) is 40.5 Å². The number of nitrogen functional groups attached to an aromatic ring is 1. The minimum atomic E-state index is -0.0817. The van der Waals surface area contributed by atoms with Crippen LogP contribution >= 0.6 is 0 Å². The van der Waals surface area contributed by atoms with Crippen molar-refractivity contribution in [2.45, 2.75) is 13.3 Å². The number of Topliss-reactive ketones (excluding diaryl/α,β-unsaturated/α-hetero) is 1. The Morgan fingerprint density at radius 2 is 1.68 bits per heavy atom. The standard InChI is InChI=1S/C20H23NO4/c1-5-13(10-15-11-16(23-2)7-9-18(15)24-3)20(22)14-6-8-19(25-4)17(21)12-14/h6-12H,5,21H2,1-4H3/b13-10+. The molecule has 2 aromatic rings. The Kier molecular flexibility index (Phi) is 6.06. The number of anilines is 1. The second-order valence-corrected chi connectivity index (χ2v) is 5.42. The van der Waals surface area contributed by atoms with E-state index in [1.165, 1.54) is 0 Å². The third-order valence-corrected chi connectivity index (χ3v) is 3.93. The molecule has 2 aromatic carbocycles. The van der Waals surface area contributed by atoms with Crippen molar-refractivity contribution in [3.63, 3.8) is 0 Å². The van der Waals surface area contributed by atoms with Gasteiger partial charge in [0.2, 0.25) is 0 Å². The zero-order chi connectivity index (χ0) is 18.4. The Balaban J connectivity index is 2.43. The van der Waals surface area contributed by atoms with Crippen molar-refractivity contribution in [2.24, 2.45) is 0 Å². The molecule has 0 spiro atoms. The number of ether oxygens (including phenoxy) is 3. The maximum Gasteiger partial charge on any atom is 0.189 e. The van der Waals surface area contributed by atoms with Gasteiger partial charge in [-0.3, -0.25) is 4.79 Å². The molecular formula is C20H23NO4. The summed E-state index contributed by atoms with van der Waals surface area (Å²) in [4.78, 5) is 12.8. The molecule has 0 saturated carbocycles. The number of hydrogen-bond acceptors (Lipinski definition) is 5. The van der Waals surface area contributed by atoms with Gasteiger partial charge < -0.3 is 19.9 Å². The highest BCUT2D eigenvalue weighted by Gasteiger charge is 2.14. The number of carbonyl (C=O) groups is 1. The fourth-order valence-electron chi connectivity index (χ4n) is 2.53. The molecule has 0 aliphatic carbocycles. The normalized spacial score (nSPS) is 11.1. The summed E-state index contributed by atoms with van der Waals surface area (Å²) >= 11 is 0. The van der Waals surface area contributed by atoms with E-state index in [1.807, 2.05) is 31.2 Å². The van der Waals surface area contributed by atoms with E-state index in [1.54, 1.807) is 39.5 Å². The lowest BCUT2D eigenvalue weighted by Gasteiger charge is -2.11. The quantitative estimate of drug-likeness (QED) is 0.469. The summed E-state index contributed by atoms with van der Waals surface area (Å²) in [6, 6.07) is 10.5. The van der Waals surface area contributed by atoms with Gasteiger partial charge >= 0.3 is 0 Å². The van der Waals surface area contributed by atoms with Crippen molar-refractivity contribution < 1.29 is 19.0 Å². The Hall–Kier alpha value is -2.95. The van der Waals surface area contributed by atoms with Gasteiger partial charge in [0.05, 0.1) is 27.0 Å². The molecule has 0 aromatic heterocycles. The fourth-order valence-corrected chi connectivity index (χ4v) is 2.53. The maximum atomic E-state index is 12.8. The summed E-state index contributed by atoms with van der Waals surface area (Å²) in [5.41, 5.74) is 8.30. The van der Waals surface area contributed by atoms with Crippen LogP contribution in [0, 0.1) is 0 Å². The van der Waals surface area contributed by atoms with Gasteiger partial charge in [0.15, 0.2) is 5.78 Å². The van der Waals surface area contributed by atoms with Crippen LogP contribution in [0.2, 0.25) is 0 Å². The molecule has 0 aliphatic rings. The van der Waals surface area contributed by atoms with E-state index in [9.17, 15) is 4.79 Å². The van der Waals surface area contributed by atoms with Crippen molar-refractivity contribution in [3.05, 3.63) is 53.1 Å². The molecule has 0 atom stereocenters. The number of allylic oxidation sites excluding steroid dienone is 1. The molecule has 0 fully saturated rings. The molecule has 0 heterocycles. The van der Waals surface area contributed by atoms with Crippen molar-refractivity contribution in [1.82, 2.24) is 0 Å². The van der Waals surface area contributed by atoms with Crippen molar-refractivity contribution >= 4 is 17.5 Å². The molecule has 0 saturated heterocycles. The molecule has 0 aliphatic heterocycles. The Bertz CT molecular complexity index is 796. The number of methoxy groups -OCH3 is 3. The average molecular weight is 341 g/mol. The number of nitrogens with two attached hydrogens (primary N) is 1. The first-order chi connectivity index (χ1) is 12.0. The summed E-state index contributed by atoms with van der Waals surface area (Å²) < 4.78 is 15.8. The summed E-state index contributed by atoms with van der Waals surface area (Å²) in [5.74, 6) is 1.84. The summed E-state index contributed by atoms with van der Waals surface area (Å²) in [6.45, 7) is 1.93. The zero-order valence-corrected chi connectivity index (χ0v) is 15.0. The topological polar surface area (TPSA) is 70.8 Å². The summed E-state index contributed by atoms with van der Waals surface area (Å²) in [7, 11) is 4.73. The second-order valence-electron chi connectivity index (χ2n) is 5.42. The van der Waals surface area contributed by atoms with Crippen LogP contribution in [-0.2, 0) is 0 Å². The van der Waals surface area contributed by atoms with Gasteiger partial charge in [-0.15, -0.1) is 0 Å². The Labute approximate surface area is 148 Å². The van der Waals surface area contributed by atoms with Crippen LogP contribution in [0.15, 0.2) is 42.0 Å².